The lowest BCUT2D eigenvalue weighted by molar-refractivity contribution is 0.0623. The highest BCUT2D eigenvalue weighted by Crippen LogP contribution is 2.23. The van der Waals surface area contributed by atoms with Crippen molar-refractivity contribution in [3.05, 3.63) is 59.9 Å². The molecule has 1 aliphatic heterocycles. The third-order valence-corrected chi connectivity index (χ3v) is 6.06. The number of hydrogen-bond acceptors (Lipinski definition) is 3. The molecule has 0 radical (unpaired) electrons. The van der Waals surface area contributed by atoms with E-state index >= 15 is 0 Å². The Morgan fingerprint density at radius 1 is 1.00 bits per heavy atom. The summed E-state index contributed by atoms with van der Waals surface area (Å²) >= 11 is 0. The highest BCUT2D eigenvalue weighted by molar-refractivity contribution is 7.92. The molecule has 2 atom stereocenters. The van der Waals surface area contributed by atoms with Gasteiger partial charge in [0.05, 0.1) is 4.90 Å². The van der Waals surface area contributed by atoms with Gasteiger partial charge in [-0.1, -0.05) is 13.8 Å². The molecule has 0 spiro atoms. The largest absolute Gasteiger partial charge is 0.338 e. The van der Waals surface area contributed by atoms with E-state index in [2.05, 4.69) is 18.6 Å². The summed E-state index contributed by atoms with van der Waals surface area (Å²) in [7, 11) is -3.81. The van der Waals surface area contributed by atoms with E-state index in [0.29, 0.717) is 17.4 Å². The van der Waals surface area contributed by atoms with Crippen molar-refractivity contribution in [2.24, 2.45) is 11.8 Å². The minimum Gasteiger partial charge on any atom is -0.338 e. The second-order valence-corrected chi connectivity index (χ2v) is 8.98. The van der Waals surface area contributed by atoms with E-state index < -0.39 is 15.8 Å². The number of rotatable bonds is 4. The maximum absolute atomic E-state index is 13.0. The lowest BCUT2D eigenvalue weighted by Gasteiger charge is -2.35. The van der Waals surface area contributed by atoms with Gasteiger partial charge < -0.3 is 4.90 Å². The molecule has 2 aromatic carbocycles. The molecule has 0 saturated carbocycles. The first kappa shape index (κ1) is 19.4. The van der Waals surface area contributed by atoms with Gasteiger partial charge in [-0.15, -0.1) is 0 Å². The maximum atomic E-state index is 13.0. The lowest BCUT2D eigenvalue weighted by atomic mass is 9.91. The molecular weight excluding hydrogens is 367 g/mol. The van der Waals surface area contributed by atoms with Gasteiger partial charge in [0.15, 0.2) is 0 Å². The summed E-state index contributed by atoms with van der Waals surface area (Å²) in [4.78, 5) is 14.6. The van der Waals surface area contributed by atoms with Gasteiger partial charge in [0.25, 0.3) is 15.9 Å². The Morgan fingerprint density at radius 2 is 1.56 bits per heavy atom. The van der Waals surface area contributed by atoms with Crippen molar-refractivity contribution in [3.63, 3.8) is 0 Å². The molecule has 1 heterocycles. The maximum Gasteiger partial charge on any atom is 0.261 e. The molecule has 3 rings (SSSR count). The molecule has 144 valence electrons. The summed E-state index contributed by atoms with van der Waals surface area (Å²) in [5, 5.41) is 0. The topological polar surface area (TPSA) is 66.5 Å². The summed E-state index contributed by atoms with van der Waals surface area (Å²) in [6.45, 7) is 5.70. The van der Waals surface area contributed by atoms with Gasteiger partial charge in [0.2, 0.25) is 0 Å². The second kappa shape index (κ2) is 7.68. The van der Waals surface area contributed by atoms with E-state index in [-0.39, 0.29) is 16.5 Å². The summed E-state index contributed by atoms with van der Waals surface area (Å²) in [5.74, 6) is 0.389. The first-order chi connectivity index (χ1) is 12.7. The minimum atomic E-state index is -3.81. The van der Waals surface area contributed by atoms with Crippen LogP contribution in [0.4, 0.5) is 10.1 Å². The summed E-state index contributed by atoms with van der Waals surface area (Å²) in [5.41, 5.74) is 0.741. The third kappa shape index (κ3) is 4.66. The number of sulfonamides is 1. The van der Waals surface area contributed by atoms with Gasteiger partial charge in [0.1, 0.15) is 5.82 Å². The first-order valence-electron chi connectivity index (χ1n) is 8.92. The highest BCUT2D eigenvalue weighted by Gasteiger charge is 2.26. The van der Waals surface area contributed by atoms with Crippen LogP contribution >= 0.6 is 0 Å². The number of likely N-dealkylation sites (tertiary alicyclic amines) is 1. The number of carbonyl (C=O) groups excluding carboxylic acids is 1. The molecule has 1 saturated heterocycles. The summed E-state index contributed by atoms with van der Waals surface area (Å²) < 4.78 is 40.3. The number of nitrogens with one attached hydrogen (secondary N) is 1. The summed E-state index contributed by atoms with van der Waals surface area (Å²) in [6, 6.07) is 11.0. The van der Waals surface area contributed by atoms with Crippen LogP contribution in [0, 0.1) is 17.7 Å². The highest BCUT2D eigenvalue weighted by atomic mass is 32.2. The molecule has 1 amide bonds. The van der Waals surface area contributed by atoms with Crippen molar-refractivity contribution in [3.8, 4) is 0 Å². The molecule has 0 bridgehead atoms. The SMILES string of the molecule is C[C@@H]1C[C@@H](C)CN(C(=O)c2ccc(S(=O)(=O)Nc3ccc(F)cc3)cc2)C1. The van der Waals surface area contributed by atoms with Gasteiger partial charge in [-0.3, -0.25) is 9.52 Å². The molecule has 2 aromatic rings. The quantitative estimate of drug-likeness (QED) is 0.865. The van der Waals surface area contributed by atoms with Gasteiger partial charge in [-0.05, 0) is 66.8 Å². The number of piperidine rings is 1. The Kier molecular flexibility index (Phi) is 5.51. The van der Waals surface area contributed by atoms with Crippen molar-refractivity contribution in [2.75, 3.05) is 17.8 Å². The Labute approximate surface area is 159 Å². The van der Waals surface area contributed by atoms with Crippen LogP contribution in [0.5, 0.6) is 0 Å². The number of halogens is 1. The number of hydrogen-bond donors (Lipinski definition) is 1. The van der Waals surface area contributed by atoms with Crippen molar-refractivity contribution in [2.45, 2.75) is 25.2 Å². The van der Waals surface area contributed by atoms with Crippen molar-refractivity contribution in [1.29, 1.82) is 0 Å². The van der Waals surface area contributed by atoms with Crippen LogP contribution in [0.2, 0.25) is 0 Å². The van der Waals surface area contributed by atoms with E-state index in [1.54, 1.807) is 0 Å². The Bertz CT molecular complexity index is 901. The standard InChI is InChI=1S/C20H23FN2O3S/c1-14-11-15(2)13-23(12-14)20(24)16-3-9-19(10-4-16)27(25,26)22-18-7-5-17(21)6-8-18/h3-10,14-15,22H,11-13H2,1-2H3/t14-,15-/m1/s1. The zero-order valence-corrected chi connectivity index (χ0v) is 16.2. The fourth-order valence-corrected chi connectivity index (χ4v) is 4.58. The third-order valence-electron chi connectivity index (χ3n) is 4.66. The molecule has 0 unspecified atom stereocenters. The monoisotopic (exact) mass is 390 g/mol. The van der Waals surface area contributed by atoms with Gasteiger partial charge in [0, 0.05) is 24.3 Å². The molecule has 0 aromatic heterocycles. The Balaban J connectivity index is 1.74. The van der Waals surface area contributed by atoms with E-state index in [9.17, 15) is 17.6 Å². The fraction of sp³-hybridized carbons (Fsp3) is 0.350. The van der Waals surface area contributed by atoms with Crippen molar-refractivity contribution < 1.29 is 17.6 Å². The average molecular weight is 390 g/mol. The van der Waals surface area contributed by atoms with Crippen molar-refractivity contribution in [1.82, 2.24) is 4.90 Å². The first-order valence-corrected chi connectivity index (χ1v) is 10.4. The zero-order chi connectivity index (χ0) is 19.6. The van der Waals surface area contributed by atoms with Crippen LogP contribution in [0.15, 0.2) is 53.4 Å². The van der Waals surface area contributed by atoms with E-state index in [0.717, 1.165) is 19.5 Å². The smallest absolute Gasteiger partial charge is 0.261 e. The van der Waals surface area contributed by atoms with Crippen LogP contribution < -0.4 is 4.72 Å². The van der Waals surface area contributed by atoms with Crippen LogP contribution in [0.3, 0.4) is 0 Å². The lowest BCUT2D eigenvalue weighted by Crippen LogP contribution is -2.42. The summed E-state index contributed by atoms with van der Waals surface area (Å²) in [6.07, 6.45) is 1.11. The van der Waals surface area contributed by atoms with Gasteiger partial charge in [-0.25, -0.2) is 12.8 Å². The zero-order valence-electron chi connectivity index (χ0n) is 15.4. The van der Waals surface area contributed by atoms with Crippen LogP contribution in [-0.2, 0) is 10.0 Å². The Morgan fingerprint density at radius 3 is 2.11 bits per heavy atom. The molecular formula is C20H23FN2O3S. The minimum absolute atomic E-state index is 0.0451. The van der Waals surface area contributed by atoms with E-state index in [1.807, 2.05) is 4.90 Å². The number of benzene rings is 2. The normalized spacial score (nSPS) is 20.3. The van der Waals surface area contributed by atoms with Crippen LogP contribution in [-0.4, -0.2) is 32.3 Å². The Hall–Kier alpha value is -2.41. The van der Waals surface area contributed by atoms with Gasteiger partial charge in [-0.2, -0.15) is 0 Å². The average Bonchev–Trinajstić information content (AvgIpc) is 2.62. The van der Waals surface area contributed by atoms with Gasteiger partial charge >= 0.3 is 0 Å². The number of nitrogens with zero attached hydrogens (tertiary/aromatic N) is 1. The van der Waals surface area contributed by atoms with Crippen LogP contribution in [0.1, 0.15) is 30.6 Å². The molecule has 0 aliphatic carbocycles. The van der Waals surface area contributed by atoms with E-state index in [4.69, 9.17) is 0 Å². The number of carbonyl (C=O) groups is 1. The molecule has 1 aliphatic rings. The molecule has 1 fully saturated rings. The molecule has 7 heteroatoms. The number of anilines is 1. The van der Waals surface area contributed by atoms with E-state index in [1.165, 1.54) is 48.5 Å². The fourth-order valence-electron chi connectivity index (χ4n) is 3.52. The molecule has 1 N–H and O–H groups in total. The molecule has 27 heavy (non-hydrogen) atoms. The predicted molar refractivity (Wildman–Crippen MR) is 102 cm³/mol. The molecule has 5 nitrogen and oxygen atoms in total. The number of amides is 1. The second-order valence-electron chi connectivity index (χ2n) is 7.29. The van der Waals surface area contributed by atoms with Crippen LogP contribution in [0.25, 0.3) is 0 Å². The van der Waals surface area contributed by atoms with Crippen molar-refractivity contribution >= 4 is 21.6 Å². The predicted octanol–water partition coefficient (Wildman–Crippen LogP) is 3.74.